The van der Waals surface area contributed by atoms with E-state index in [1.807, 2.05) is 42.5 Å². The van der Waals surface area contributed by atoms with E-state index in [1.54, 1.807) is 6.08 Å². The Hall–Kier alpha value is -2.86. The van der Waals surface area contributed by atoms with Crippen LogP contribution >= 0.6 is 11.8 Å². The molecule has 1 aliphatic heterocycles. The topological polar surface area (TPSA) is 74.8 Å². The van der Waals surface area contributed by atoms with Crippen LogP contribution in [0.25, 0.3) is 10.8 Å². The van der Waals surface area contributed by atoms with Gasteiger partial charge in [0.05, 0.1) is 5.56 Å². The van der Waals surface area contributed by atoms with Gasteiger partial charge in [-0.3, -0.25) is 9.59 Å². The SMILES string of the molecule is C=CCSc1nc2c(c(=O)[nH]1)[C@@H](c1cccc3ccccc13)CC(=O)N2. The zero-order chi connectivity index (χ0) is 18.1. The largest absolute Gasteiger partial charge is 0.310 e. The number of anilines is 1. The minimum Gasteiger partial charge on any atom is -0.310 e. The van der Waals surface area contributed by atoms with Gasteiger partial charge in [0.25, 0.3) is 5.56 Å². The first kappa shape index (κ1) is 16.6. The van der Waals surface area contributed by atoms with E-state index >= 15 is 0 Å². The highest BCUT2D eigenvalue weighted by atomic mass is 32.2. The van der Waals surface area contributed by atoms with Gasteiger partial charge in [-0.15, -0.1) is 6.58 Å². The van der Waals surface area contributed by atoms with Gasteiger partial charge in [0.15, 0.2) is 5.16 Å². The number of rotatable bonds is 4. The summed E-state index contributed by atoms with van der Waals surface area (Å²) < 4.78 is 0. The first-order valence-electron chi connectivity index (χ1n) is 8.33. The average Bonchev–Trinajstić information content (AvgIpc) is 2.65. The molecule has 3 aromatic rings. The lowest BCUT2D eigenvalue weighted by atomic mass is 9.84. The van der Waals surface area contributed by atoms with E-state index < -0.39 is 0 Å². The number of aromatic nitrogens is 2. The quantitative estimate of drug-likeness (QED) is 0.421. The second-order valence-corrected chi connectivity index (χ2v) is 7.12. The van der Waals surface area contributed by atoms with E-state index in [1.165, 1.54) is 11.8 Å². The Balaban J connectivity index is 1.88. The van der Waals surface area contributed by atoms with Crippen molar-refractivity contribution in [1.82, 2.24) is 9.97 Å². The lowest BCUT2D eigenvalue weighted by Crippen LogP contribution is -2.31. The van der Waals surface area contributed by atoms with Crippen LogP contribution in [-0.4, -0.2) is 21.6 Å². The van der Waals surface area contributed by atoms with Crippen LogP contribution in [0.1, 0.15) is 23.5 Å². The number of H-pyrrole nitrogens is 1. The molecule has 0 unspecified atom stereocenters. The summed E-state index contributed by atoms with van der Waals surface area (Å²) in [7, 11) is 0. The number of nitrogens with one attached hydrogen (secondary N) is 2. The van der Waals surface area contributed by atoms with Gasteiger partial charge >= 0.3 is 0 Å². The molecule has 1 aliphatic rings. The van der Waals surface area contributed by atoms with Gasteiger partial charge in [-0.25, -0.2) is 4.98 Å². The number of aromatic amines is 1. The van der Waals surface area contributed by atoms with Crippen molar-refractivity contribution in [3.8, 4) is 0 Å². The number of carbonyl (C=O) groups excluding carboxylic acids is 1. The van der Waals surface area contributed by atoms with Crippen molar-refractivity contribution in [2.24, 2.45) is 0 Å². The maximum atomic E-state index is 12.8. The normalized spacial score (nSPS) is 16.2. The molecule has 4 rings (SSSR count). The number of hydrogen-bond acceptors (Lipinski definition) is 4. The molecule has 0 aliphatic carbocycles. The molecule has 130 valence electrons. The van der Waals surface area contributed by atoms with Crippen LogP contribution in [0.2, 0.25) is 0 Å². The van der Waals surface area contributed by atoms with Crippen molar-refractivity contribution in [3.05, 3.63) is 76.6 Å². The molecule has 0 saturated heterocycles. The Morgan fingerprint density at radius 1 is 1.19 bits per heavy atom. The molecular formula is C20H17N3O2S. The molecule has 1 atom stereocenters. The van der Waals surface area contributed by atoms with Crippen molar-refractivity contribution < 1.29 is 4.79 Å². The Morgan fingerprint density at radius 2 is 2.00 bits per heavy atom. The zero-order valence-corrected chi connectivity index (χ0v) is 14.8. The molecule has 0 saturated carbocycles. The molecule has 0 bridgehead atoms. The molecular weight excluding hydrogens is 346 g/mol. The lowest BCUT2D eigenvalue weighted by molar-refractivity contribution is -0.116. The first-order chi connectivity index (χ1) is 12.7. The van der Waals surface area contributed by atoms with Crippen molar-refractivity contribution in [2.45, 2.75) is 17.5 Å². The highest BCUT2D eigenvalue weighted by Crippen LogP contribution is 2.37. The van der Waals surface area contributed by atoms with Gasteiger partial charge in [0.2, 0.25) is 5.91 Å². The highest BCUT2D eigenvalue weighted by Gasteiger charge is 2.31. The molecule has 1 aromatic heterocycles. The van der Waals surface area contributed by atoms with Crippen molar-refractivity contribution >= 4 is 34.3 Å². The van der Waals surface area contributed by atoms with Crippen molar-refractivity contribution in [1.29, 1.82) is 0 Å². The average molecular weight is 363 g/mol. The van der Waals surface area contributed by atoms with Crippen LogP contribution in [0.5, 0.6) is 0 Å². The molecule has 5 nitrogen and oxygen atoms in total. The van der Waals surface area contributed by atoms with Crippen molar-refractivity contribution in [3.63, 3.8) is 0 Å². The van der Waals surface area contributed by atoms with Gasteiger partial charge in [-0.2, -0.15) is 0 Å². The Bertz CT molecular complexity index is 1070. The van der Waals surface area contributed by atoms with E-state index in [2.05, 4.69) is 21.9 Å². The molecule has 1 amide bonds. The first-order valence-corrected chi connectivity index (χ1v) is 9.31. The second-order valence-electron chi connectivity index (χ2n) is 6.11. The minimum absolute atomic E-state index is 0.131. The Kier molecular flexibility index (Phi) is 4.34. The van der Waals surface area contributed by atoms with Crippen LogP contribution in [-0.2, 0) is 4.79 Å². The number of thioether (sulfide) groups is 1. The molecule has 2 N–H and O–H groups in total. The molecule has 2 heterocycles. The third-order valence-corrected chi connectivity index (χ3v) is 5.34. The summed E-state index contributed by atoms with van der Waals surface area (Å²) in [6, 6.07) is 14.0. The smallest absolute Gasteiger partial charge is 0.257 e. The van der Waals surface area contributed by atoms with Gasteiger partial charge in [0.1, 0.15) is 5.82 Å². The third kappa shape index (κ3) is 2.93. The lowest BCUT2D eigenvalue weighted by Gasteiger charge is -2.25. The van der Waals surface area contributed by atoms with Crippen LogP contribution in [0.4, 0.5) is 5.82 Å². The molecule has 0 radical (unpaired) electrons. The predicted octanol–water partition coefficient (Wildman–Crippen LogP) is 3.68. The molecule has 0 fully saturated rings. The van der Waals surface area contributed by atoms with Gasteiger partial charge < -0.3 is 10.3 Å². The summed E-state index contributed by atoms with van der Waals surface area (Å²) in [5, 5.41) is 5.37. The number of carbonyl (C=O) groups is 1. The number of amides is 1. The van der Waals surface area contributed by atoms with Gasteiger partial charge in [0, 0.05) is 18.1 Å². The van der Waals surface area contributed by atoms with E-state index in [9.17, 15) is 9.59 Å². The summed E-state index contributed by atoms with van der Waals surface area (Å²) in [6.45, 7) is 3.67. The van der Waals surface area contributed by atoms with E-state index in [0.717, 1.165) is 16.3 Å². The number of nitrogens with zero attached hydrogens (tertiary/aromatic N) is 1. The zero-order valence-electron chi connectivity index (χ0n) is 14.0. The molecule has 6 heteroatoms. The highest BCUT2D eigenvalue weighted by molar-refractivity contribution is 7.99. The fourth-order valence-electron chi connectivity index (χ4n) is 3.38. The Labute approximate surface area is 154 Å². The molecule has 26 heavy (non-hydrogen) atoms. The van der Waals surface area contributed by atoms with Crippen LogP contribution < -0.4 is 10.9 Å². The maximum Gasteiger partial charge on any atom is 0.257 e. The Morgan fingerprint density at radius 3 is 2.85 bits per heavy atom. The van der Waals surface area contributed by atoms with Crippen molar-refractivity contribution in [2.75, 3.05) is 11.1 Å². The number of benzene rings is 2. The second kappa shape index (κ2) is 6.80. The van der Waals surface area contributed by atoms with E-state index in [-0.39, 0.29) is 23.8 Å². The summed E-state index contributed by atoms with van der Waals surface area (Å²) >= 11 is 1.37. The number of hydrogen-bond donors (Lipinski definition) is 2. The minimum atomic E-state index is -0.320. The van der Waals surface area contributed by atoms with Crippen LogP contribution in [0.15, 0.2) is 65.1 Å². The molecule has 0 spiro atoms. The van der Waals surface area contributed by atoms with Gasteiger partial charge in [-0.05, 0) is 16.3 Å². The monoisotopic (exact) mass is 363 g/mol. The van der Waals surface area contributed by atoms with Gasteiger partial charge in [-0.1, -0.05) is 60.3 Å². The summed E-state index contributed by atoms with van der Waals surface area (Å²) in [6.07, 6.45) is 1.96. The van der Waals surface area contributed by atoms with Crippen LogP contribution in [0.3, 0.4) is 0 Å². The third-order valence-electron chi connectivity index (χ3n) is 4.47. The summed E-state index contributed by atoms with van der Waals surface area (Å²) in [5.74, 6) is 0.532. The summed E-state index contributed by atoms with van der Waals surface area (Å²) in [4.78, 5) is 32.4. The van der Waals surface area contributed by atoms with Crippen LogP contribution in [0, 0.1) is 0 Å². The summed E-state index contributed by atoms with van der Waals surface area (Å²) in [5.41, 5.74) is 1.28. The van der Waals surface area contributed by atoms with E-state index in [4.69, 9.17) is 0 Å². The standard InChI is InChI=1S/C20H17N3O2S/c1-2-10-26-20-22-18-17(19(25)23-20)15(11-16(24)21-18)14-9-5-7-12-6-3-4-8-13(12)14/h2-9,15H,1,10-11H2,(H2,21,22,23,24,25)/t15-/m1/s1. The maximum absolute atomic E-state index is 12.8. The fourth-order valence-corrected chi connectivity index (χ4v) is 3.97. The number of fused-ring (bicyclic) bond motifs is 2. The fraction of sp³-hybridized carbons (Fsp3) is 0.150. The predicted molar refractivity (Wildman–Crippen MR) is 105 cm³/mol. The van der Waals surface area contributed by atoms with E-state index in [0.29, 0.717) is 22.3 Å². The molecule has 2 aromatic carbocycles.